The van der Waals surface area contributed by atoms with E-state index < -0.39 is 5.97 Å². The second-order valence-corrected chi connectivity index (χ2v) is 4.51. The van der Waals surface area contributed by atoms with Crippen LogP contribution in [0, 0.1) is 10.8 Å². The number of aliphatic carboxylic acids is 1. The zero-order valence-corrected chi connectivity index (χ0v) is 8.40. The molecule has 76 valence electrons. The highest BCUT2D eigenvalue weighted by Crippen LogP contribution is 2.75. The van der Waals surface area contributed by atoms with Crippen molar-refractivity contribution in [2.75, 3.05) is 6.54 Å². The number of carboxylic acid groups (broad SMARTS) is 1. The number of carboxylic acids is 1. The molecule has 3 rings (SSSR count). The molecule has 2 bridgehead atoms. The van der Waals surface area contributed by atoms with Gasteiger partial charge in [-0.1, -0.05) is 0 Å². The monoisotopic (exact) mass is 205 g/mol. The highest BCUT2D eigenvalue weighted by atomic mass is 35.5. The molecule has 3 nitrogen and oxygen atoms in total. The van der Waals surface area contributed by atoms with Crippen molar-refractivity contribution < 1.29 is 9.90 Å². The van der Waals surface area contributed by atoms with Crippen LogP contribution in [0.25, 0.3) is 0 Å². The van der Waals surface area contributed by atoms with E-state index in [4.69, 9.17) is 10.8 Å². The lowest BCUT2D eigenvalue weighted by atomic mass is 9.34. The Morgan fingerprint density at radius 1 is 1.38 bits per heavy atom. The maximum Gasteiger partial charge on any atom is 0.309 e. The Hall–Kier alpha value is -0.280. The number of rotatable bonds is 4. The molecule has 0 aromatic heterocycles. The molecule has 0 radical (unpaired) electrons. The Kier molecular flexibility index (Phi) is 2.61. The molecule has 0 atom stereocenters. The van der Waals surface area contributed by atoms with Gasteiger partial charge in [-0.2, -0.15) is 0 Å². The summed E-state index contributed by atoms with van der Waals surface area (Å²) in [5, 5.41) is 8.85. The van der Waals surface area contributed by atoms with Gasteiger partial charge in [0.25, 0.3) is 0 Å². The molecule has 0 aliphatic heterocycles. The van der Waals surface area contributed by atoms with E-state index in [1.54, 1.807) is 0 Å². The van der Waals surface area contributed by atoms with Gasteiger partial charge >= 0.3 is 5.97 Å². The standard InChI is InChI=1S/C9H15NO2.ClH/c10-3-1-2-8-4-9(5-8,6-8)7(11)12;/h1-6,10H2,(H,11,12);1H. The van der Waals surface area contributed by atoms with Gasteiger partial charge in [0.05, 0.1) is 5.41 Å². The predicted octanol–water partition coefficient (Wildman–Crippen LogP) is 1.40. The van der Waals surface area contributed by atoms with Crippen LogP contribution in [0.2, 0.25) is 0 Å². The minimum Gasteiger partial charge on any atom is -0.481 e. The molecule has 3 fully saturated rings. The lowest BCUT2D eigenvalue weighted by Crippen LogP contribution is -2.65. The molecule has 0 aromatic carbocycles. The molecule has 0 aromatic rings. The molecule has 3 saturated carbocycles. The van der Waals surface area contributed by atoms with Gasteiger partial charge in [0.1, 0.15) is 0 Å². The normalized spacial score (nSPS) is 39.8. The van der Waals surface area contributed by atoms with E-state index in [0.717, 1.165) is 38.6 Å². The predicted molar refractivity (Wildman–Crippen MR) is 51.9 cm³/mol. The van der Waals surface area contributed by atoms with Crippen LogP contribution in [-0.4, -0.2) is 17.6 Å². The summed E-state index contributed by atoms with van der Waals surface area (Å²) in [6.07, 6.45) is 4.92. The van der Waals surface area contributed by atoms with E-state index >= 15 is 0 Å². The third kappa shape index (κ3) is 1.34. The molecule has 0 unspecified atom stereocenters. The Labute approximate surface area is 84.1 Å². The van der Waals surface area contributed by atoms with Crippen LogP contribution in [0.4, 0.5) is 0 Å². The van der Waals surface area contributed by atoms with E-state index in [-0.39, 0.29) is 17.8 Å². The molecule has 0 heterocycles. The van der Waals surface area contributed by atoms with Crippen LogP contribution in [0.1, 0.15) is 32.1 Å². The van der Waals surface area contributed by atoms with Crippen LogP contribution in [0.3, 0.4) is 0 Å². The van der Waals surface area contributed by atoms with Gasteiger partial charge in [-0.25, -0.2) is 0 Å². The summed E-state index contributed by atoms with van der Waals surface area (Å²) < 4.78 is 0. The molecule has 3 N–H and O–H groups in total. The maximum atomic E-state index is 10.7. The molecular weight excluding hydrogens is 190 g/mol. The van der Waals surface area contributed by atoms with E-state index in [2.05, 4.69) is 0 Å². The molecular formula is C9H16ClNO2. The topological polar surface area (TPSA) is 63.3 Å². The zero-order valence-electron chi connectivity index (χ0n) is 7.58. The largest absolute Gasteiger partial charge is 0.481 e. The third-order valence-electron chi connectivity index (χ3n) is 3.51. The van der Waals surface area contributed by atoms with Crippen molar-refractivity contribution in [3.8, 4) is 0 Å². The fourth-order valence-corrected chi connectivity index (χ4v) is 2.97. The van der Waals surface area contributed by atoms with Gasteiger partial charge in [0.2, 0.25) is 0 Å². The van der Waals surface area contributed by atoms with Crippen molar-refractivity contribution >= 4 is 18.4 Å². The SMILES string of the molecule is Cl.NCCCC12CC(C(=O)O)(C1)C2. The summed E-state index contributed by atoms with van der Waals surface area (Å²) in [5.74, 6) is -0.586. The van der Waals surface area contributed by atoms with E-state index in [1.165, 1.54) is 0 Å². The first-order valence-electron chi connectivity index (χ1n) is 4.56. The number of nitrogens with two attached hydrogens (primary N) is 1. The number of hydrogen-bond donors (Lipinski definition) is 2. The number of halogens is 1. The maximum absolute atomic E-state index is 10.7. The van der Waals surface area contributed by atoms with Crippen LogP contribution in [0.5, 0.6) is 0 Å². The van der Waals surface area contributed by atoms with Crippen LogP contribution in [0.15, 0.2) is 0 Å². The Morgan fingerprint density at radius 2 is 1.92 bits per heavy atom. The molecule has 0 amide bonds. The summed E-state index contributed by atoms with van der Waals surface area (Å²) in [6.45, 7) is 0.738. The average Bonchev–Trinajstić information content (AvgIpc) is 1.81. The summed E-state index contributed by atoms with van der Waals surface area (Å²) in [7, 11) is 0. The van der Waals surface area contributed by atoms with Crippen molar-refractivity contribution in [2.45, 2.75) is 32.1 Å². The van der Waals surface area contributed by atoms with Crippen LogP contribution < -0.4 is 5.73 Å². The molecule has 0 spiro atoms. The van der Waals surface area contributed by atoms with Gasteiger partial charge in [0, 0.05) is 0 Å². The molecule has 4 heteroatoms. The average molecular weight is 206 g/mol. The number of carbonyl (C=O) groups is 1. The van der Waals surface area contributed by atoms with Gasteiger partial charge in [-0.3, -0.25) is 4.79 Å². The Morgan fingerprint density at radius 3 is 2.31 bits per heavy atom. The lowest BCUT2D eigenvalue weighted by Gasteiger charge is -2.68. The van der Waals surface area contributed by atoms with E-state index in [1.807, 2.05) is 0 Å². The smallest absolute Gasteiger partial charge is 0.309 e. The van der Waals surface area contributed by atoms with Gasteiger partial charge in [0.15, 0.2) is 0 Å². The van der Waals surface area contributed by atoms with E-state index in [9.17, 15) is 4.79 Å². The quantitative estimate of drug-likeness (QED) is 0.730. The first-order chi connectivity index (χ1) is 5.63. The van der Waals surface area contributed by atoms with Crippen molar-refractivity contribution in [2.24, 2.45) is 16.6 Å². The molecule has 13 heavy (non-hydrogen) atoms. The first-order valence-corrected chi connectivity index (χ1v) is 4.56. The van der Waals surface area contributed by atoms with Gasteiger partial charge in [-0.15, -0.1) is 12.4 Å². The zero-order chi connectivity index (χ0) is 8.82. The second kappa shape index (κ2) is 3.14. The first kappa shape index (κ1) is 10.8. The molecule has 0 saturated heterocycles. The summed E-state index contributed by atoms with van der Waals surface area (Å²) in [4.78, 5) is 10.7. The fraction of sp³-hybridized carbons (Fsp3) is 0.889. The van der Waals surface area contributed by atoms with Crippen LogP contribution in [-0.2, 0) is 4.79 Å². The summed E-state index contributed by atoms with van der Waals surface area (Å²) in [6, 6.07) is 0. The Bertz CT molecular complexity index is 210. The molecule has 3 aliphatic carbocycles. The third-order valence-corrected chi connectivity index (χ3v) is 3.51. The summed E-state index contributed by atoms with van der Waals surface area (Å²) in [5.41, 5.74) is 5.51. The van der Waals surface area contributed by atoms with Gasteiger partial charge in [-0.05, 0) is 44.1 Å². The van der Waals surface area contributed by atoms with E-state index in [0.29, 0.717) is 5.41 Å². The van der Waals surface area contributed by atoms with Crippen molar-refractivity contribution in [3.05, 3.63) is 0 Å². The Balaban J connectivity index is 0.000000845. The van der Waals surface area contributed by atoms with Crippen molar-refractivity contribution in [1.29, 1.82) is 0 Å². The van der Waals surface area contributed by atoms with Crippen molar-refractivity contribution in [3.63, 3.8) is 0 Å². The summed E-state index contributed by atoms with van der Waals surface area (Å²) >= 11 is 0. The second-order valence-electron chi connectivity index (χ2n) is 4.51. The van der Waals surface area contributed by atoms with Crippen molar-refractivity contribution in [1.82, 2.24) is 0 Å². The van der Waals surface area contributed by atoms with Gasteiger partial charge < -0.3 is 10.8 Å². The fourth-order valence-electron chi connectivity index (χ4n) is 2.97. The minimum atomic E-state index is -0.586. The highest BCUT2D eigenvalue weighted by molar-refractivity contribution is 5.85. The highest BCUT2D eigenvalue weighted by Gasteiger charge is 2.70. The lowest BCUT2D eigenvalue weighted by molar-refractivity contribution is -0.225. The van der Waals surface area contributed by atoms with Crippen LogP contribution >= 0.6 is 12.4 Å². The minimum absolute atomic E-state index is 0. The number of hydrogen-bond acceptors (Lipinski definition) is 2. The molecule has 3 aliphatic rings.